The normalized spacial score (nSPS) is 12.1. The van der Waals surface area contributed by atoms with E-state index in [1.54, 1.807) is 17.2 Å². The number of carbonyl (C=O) groups excluding carboxylic acids is 1. The van der Waals surface area contributed by atoms with Crippen LogP contribution in [-0.4, -0.2) is 30.2 Å². The monoisotopic (exact) mass is 358 g/mol. The van der Waals surface area contributed by atoms with Gasteiger partial charge < -0.3 is 9.88 Å². The molecule has 0 fully saturated rings. The Kier molecular flexibility index (Phi) is 5.45. The molecule has 0 aliphatic carbocycles. The molecule has 7 nitrogen and oxygen atoms in total. The van der Waals surface area contributed by atoms with Crippen LogP contribution in [0.4, 0.5) is 0 Å². The number of carbonyl (C=O) groups is 1. The lowest BCUT2D eigenvalue weighted by Gasteiger charge is -2.19. The van der Waals surface area contributed by atoms with E-state index < -0.39 is 0 Å². The first kappa shape index (κ1) is 17.2. The SMILES string of the molecule is Cn1ccnc1C(NC(=O)CCCn1cncn1)c1ccc(Cl)cc1. The molecule has 1 N–H and O–H groups in total. The summed E-state index contributed by atoms with van der Waals surface area (Å²) in [6.07, 6.45) is 7.78. The van der Waals surface area contributed by atoms with E-state index in [2.05, 4.69) is 20.4 Å². The second-order valence-electron chi connectivity index (χ2n) is 5.71. The quantitative estimate of drug-likeness (QED) is 0.703. The predicted molar refractivity (Wildman–Crippen MR) is 93.9 cm³/mol. The van der Waals surface area contributed by atoms with E-state index in [4.69, 9.17) is 11.6 Å². The van der Waals surface area contributed by atoms with Crippen molar-refractivity contribution in [3.05, 3.63) is 65.7 Å². The van der Waals surface area contributed by atoms with Crippen molar-refractivity contribution in [1.29, 1.82) is 0 Å². The van der Waals surface area contributed by atoms with Crippen molar-refractivity contribution in [3.8, 4) is 0 Å². The Labute approximate surface area is 150 Å². The van der Waals surface area contributed by atoms with E-state index in [1.165, 1.54) is 6.33 Å². The van der Waals surface area contributed by atoms with Gasteiger partial charge in [-0.15, -0.1) is 0 Å². The van der Waals surface area contributed by atoms with Crippen molar-refractivity contribution in [2.24, 2.45) is 7.05 Å². The first-order valence-corrected chi connectivity index (χ1v) is 8.36. The number of imidazole rings is 1. The molecule has 1 amide bonds. The number of halogens is 1. The fourth-order valence-electron chi connectivity index (χ4n) is 2.59. The van der Waals surface area contributed by atoms with Crippen LogP contribution in [0.3, 0.4) is 0 Å². The molecule has 2 aromatic heterocycles. The molecule has 0 spiro atoms. The van der Waals surface area contributed by atoms with Crippen molar-refractivity contribution in [3.63, 3.8) is 0 Å². The van der Waals surface area contributed by atoms with Gasteiger partial charge in [0.15, 0.2) is 0 Å². The van der Waals surface area contributed by atoms with Crippen LogP contribution < -0.4 is 5.32 Å². The Morgan fingerprint density at radius 2 is 2.12 bits per heavy atom. The zero-order valence-electron chi connectivity index (χ0n) is 13.8. The van der Waals surface area contributed by atoms with Gasteiger partial charge >= 0.3 is 0 Å². The Hall–Kier alpha value is -2.67. The van der Waals surface area contributed by atoms with Crippen molar-refractivity contribution in [1.82, 2.24) is 29.6 Å². The molecule has 0 aliphatic rings. The van der Waals surface area contributed by atoms with Crippen LogP contribution in [-0.2, 0) is 18.4 Å². The second-order valence-corrected chi connectivity index (χ2v) is 6.15. The molecule has 0 aliphatic heterocycles. The number of amides is 1. The van der Waals surface area contributed by atoms with Gasteiger partial charge in [-0.1, -0.05) is 23.7 Å². The van der Waals surface area contributed by atoms with Gasteiger partial charge in [-0.3, -0.25) is 9.48 Å². The molecule has 130 valence electrons. The van der Waals surface area contributed by atoms with E-state index in [-0.39, 0.29) is 11.9 Å². The minimum absolute atomic E-state index is 0.0388. The van der Waals surface area contributed by atoms with Crippen molar-refractivity contribution < 1.29 is 4.79 Å². The minimum atomic E-state index is -0.323. The molecule has 3 rings (SSSR count). The molecule has 3 aromatic rings. The molecule has 8 heteroatoms. The maximum atomic E-state index is 12.4. The third-order valence-corrected chi connectivity index (χ3v) is 4.13. The summed E-state index contributed by atoms with van der Waals surface area (Å²) in [5.41, 5.74) is 0.934. The van der Waals surface area contributed by atoms with E-state index in [1.807, 2.05) is 42.1 Å². The van der Waals surface area contributed by atoms with Crippen LogP contribution in [0.1, 0.15) is 30.3 Å². The molecule has 0 bridgehead atoms. The molecule has 0 radical (unpaired) electrons. The third kappa shape index (κ3) is 4.45. The molecule has 0 saturated heterocycles. The van der Waals surface area contributed by atoms with Crippen LogP contribution >= 0.6 is 11.6 Å². The third-order valence-electron chi connectivity index (χ3n) is 3.88. The maximum absolute atomic E-state index is 12.4. The van der Waals surface area contributed by atoms with Gasteiger partial charge in [0, 0.05) is 37.4 Å². The Bertz CT molecular complexity index is 812. The molecular weight excluding hydrogens is 340 g/mol. The van der Waals surface area contributed by atoms with Crippen LogP contribution in [0, 0.1) is 0 Å². The zero-order chi connectivity index (χ0) is 17.6. The first-order chi connectivity index (χ1) is 12.1. The highest BCUT2D eigenvalue weighted by Crippen LogP contribution is 2.22. The molecule has 25 heavy (non-hydrogen) atoms. The van der Waals surface area contributed by atoms with Gasteiger partial charge in [-0.2, -0.15) is 5.10 Å². The average Bonchev–Trinajstić information content (AvgIpc) is 3.25. The number of aromatic nitrogens is 5. The van der Waals surface area contributed by atoms with Gasteiger partial charge in [-0.05, 0) is 24.1 Å². The lowest BCUT2D eigenvalue weighted by atomic mass is 10.1. The van der Waals surface area contributed by atoms with Crippen LogP contribution in [0.2, 0.25) is 5.02 Å². The number of hydrogen-bond donors (Lipinski definition) is 1. The van der Waals surface area contributed by atoms with E-state index >= 15 is 0 Å². The minimum Gasteiger partial charge on any atom is -0.342 e. The number of nitrogens with one attached hydrogen (secondary N) is 1. The highest BCUT2D eigenvalue weighted by Gasteiger charge is 2.20. The summed E-state index contributed by atoms with van der Waals surface area (Å²) >= 11 is 5.97. The van der Waals surface area contributed by atoms with Crippen LogP contribution in [0.25, 0.3) is 0 Å². The largest absolute Gasteiger partial charge is 0.342 e. The van der Waals surface area contributed by atoms with Gasteiger partial charge in [-0.25, -0.2) is 9.97 Å². The number of nitrogens with zero attached hydrogens (tertiary/aromatic N) is 5. The maximum Gasteiger partial charge on any atom is 0.220 e. The lowest BCUT2D eigenvalue weighted by Crippen LogP contribution is -2.31. The fourth-order valence-corrected chi connectivity index (χ4v) is 2.72. The zero-order valence-corrected chi connectivity index (χ0v) is 14.6. The molecule has 1 atom stereocenters. The molecule has 1 unspecified atom stereocenters. The molecule has 2 heterocycles. The van der Waals surface area contributed by atoms with Crippen LogP contribution in [0.15, 0.2) is 49.3 Å². The summed E-state index contributed by atoms with van der Waals surface area (Å²) in [5, 5.41) is 7.75. The van der Waals surface area contributed by atoms with Gasteiger partial charge in [0.1, 0.15) is 24.5 Å². The van der Waals surface area contributed by atoms with Crippen molar-refractivity contribution in [2.45, 2.75) is 25.4 Å². The Morgan fingerprint density at radius 1 is 1.32 bits per heavy atom. The van der Waals surface area contributed by atoms with E-state index in [0.29, 0.717) is 24.4 Å². The van der Waals surface area contributed by atoms with Gasteiger partial charge in [0.05, 0.1) is 0 Å². The highest BCUT2D eigenvalue weighted by atomic mass is 35.5. The van der Waals surface area contributed by atoms with E-state index in [9.17, 15) is 4.79 Å². The smallest absolute Gasteiger partial charge is 0.220 e. The van der Waals surface area contributed by atoms with Crippen LogP contribution in [0.5, 0.6) is 0 Å². The van der Waals surface area contributed by atoms with Gasteiger partial charge in [0.25, 0.3) is 0 Å². The summed E-state index contributed by atoms with van der Waals surface area (Å²) < 4.78 is 3.61. The number of benzene rings is 1. The summed E-state index contributed by atoms with van der Waals surface area (Å²) in [6, 6.07) is 7.10. The predicted octanol–water partition coefficient (Wildman–Crippen LogP) is 2.35. The average molecular weight is 359 g/mol. The highest BCUT2D eigenvalue weighted by molar-refractivity contribution is 6.30. The molecule has 0 saturated carbocycles. The van der Waals surface area contributed by atoms with Crippen molar-refractivity contribution in [2.75, 3.05) is 0 Å². The summed E-state index contributed by atoms with van der Waals surface area (Å²) in [7, 11) is 1.90. The molecular formula is C17H19ClN6O. The second kappa shape index (κ2) is 7.94. The van der Waals surface area contributed by atoms with Crippen molar-refractivity contribution >= 4 is 17.5 Å². The Morgan fingerprint density at radius 3 is 2.76 bits per heavy atom. The number of hydrogen-bond acceptors (Lipinski definition) is 4. The standard InChI is InChI=1S/C17H19ClN6O/c1-23-10-8-20-17(23)16(13-4-6-14(18)7-5-13)22-15(25)3-2-9-24-12-19-11-21-24/h4-8,10-12,16H,2-3,9H2,1H3,(H,22,25). The first-order valence-electron chi connectivity index (χ1n) is 7.98. The number of rotatable bonds is 7. The van der Waals surface area contributed by atoms with Gasteiger partial charge in [0.2, 0.25) is 5.91 Å². The fraction of sp³-hybridized carbons (Fsp3) is 0.294. The topological polar surface area (TPSA) is 77.6 Å². The summed E-state index contributed by atoms with van der Waals surface area (Å²) in [4.78, 5) is 20.7. The summed E-state index contributed by atoms with van der Waals surface area (Å²) in [5.74, 6) is 0.731. The molecule has 1 aromatic carbocycles. The summed E-state index contributed by atoms with van der Waals surface area (Å²) in [6.45, 7) is 0.654. The van der Waals surface area contributed by atoms with E-state index in [0.717, 1.165) is 11.4 Å². The Balaban J connectivity index is 1.68. The lowest BCUT2D eigenvalue weighted by molar-refractivity contribution is -0.121. The number of aryl methyl sites for hydroxylation is 2.